The Hall–Kier alpha value is -2.31. The first-order valence-electron chi connectivity index (χ1n) is 6.54. The fourth-order valence-electron chi connectivity index (χ4n) is 2.03. The fourth-order valence-corrected chi connectivity index (χ4v) is 2.03. The molecule has 0 spiro atoms. The van der Waals surface area contributed by atoms with E-state index in [-0.39, 0.29) is 11.8 Å². The minimum atomic E-state index is -0.413. The molecule has 1 aliphatic rings. The van der Waals surface area contributed by atoms with Crippen LogP contribution in [0.5, 0.6) is 0 Å². The molecule has 20 heavy (non-hydrogen) atoms. The van der Waals surface area contributed by atoms with Crippen LogP contribution in [-0.4, -0.2) is 35.6 Å². The number of rotatable bonds is 6. The molecule has 7 nitrogen and oxygen atoms in total. The van der Waals surface area contributed by atoms with Crippen LogP contribution in [0, 0.1) is 10.1 Å². The summed E-state index contributed by atoms with van der Waals surface area (Å²) in [5, 5.41) is 14.1. The number of amides is 1. The lowest BCUT2D eigenvalue weighted by Crippen LogP contribution is -2.23. The summed E-state index contributed by atoms with van der Waals surface area (Å²) in [7, 11) is 0. The summed E-state index contributed by atoms with van der Waals surface area (Å²) in [5.74, 6) is 0. The summed E-state index contributed by atoms with van der Waals surface area (Å²) < 4.78 is 4.83. The second-order valence-electron chi connectivity index (χ2n) is 4.57. The van der Waals surface area contributed by atoms with Gasteiger partial charge in [-0.1, -0.05) is 13.0 Å². The van der Waals surface area contributed by atoms with Crippen LogP contribution in [0.2, 0.25) is 0 Å². The van der Waals surface area contributed by atoms with Crippen molar-refractivity contribution in [2.45, 2.75) is 19.9 Å². The molecule has 7 heteroatoms. The van der Waals surface area contributed by atoms with Gasteiger partial charge in [-0.3, -0.25) is 10.1 Å². The number of hydrogen-bond acceptors (Lipinski definition) is 5. The van der Waals surface area contributed by atoms with Gasteiger partial charge in [0.1, 0.15) is 12.3 Å². The summed E-state index contributed by atoms with van der Waals surface area (Å²) in [4.78, 5) is 23.6. The van der Waals surface area contributed by atoms with Crippen LogP contribution in [0.3, 0.4) is 0 Å². The molecule has 1 amide bonds. The molecular formula is C13H17N3O4. The lowest BCUT2D eigenvalue weighted by Gasteiger charge is -2.13. The topological polar surface area (TPSA) is 84.7 Å². The Morgan fingerprint density at radius 1 is 1.50 bits per heavy atom. The summed E-state index contributed by atoms with van der Waals surface area (Å²) in [6.45, 7) is 3.89. The van der Waals surface area contributed by atoms with E-state index in [1.165, 1.54) is 11.0 Å². The van der Waals surface area contributed by atoms with Crippen LogP contribution in [0.15, 0.2) is 18.2 Å². The molecule has 1 fully saturated rings. The molecule has 1 saturated heterocycles. The predicted octanol–water partition coefficient (Wildman–Crippen LogP) is 2.37. The van der Waals surface area contributed by atoms with Gasteiger partial charge in [0.2, 0.25) is 0 Å². The monoisotopic (exact) mass is 279 g/mol. The number of nitro benzene ring substituents is 1. The largest absolute Gasteiger partial charge is 0.448 e. The number of anilines is 1. The first-order chi connectivity index (χ1) is 9.61. The van der Waals surface area contributed by atoms with Crippen LogP contribution < -0.4 is 5.32 Å². The molecule has 0 radical (unpaired) electrons. The fraction of sp³-hybridized carbons (Fsp3) is 0.462. The van der Waals surface area contributed by atoms with E-state index in [2.05, 4.69) is 5.32 Å². The van der Waals surface area contributed by atoms with Crippen LogP contribution in [0.25, 0.3) is 0 Å². The van der Waals surface area contributed by atoms with Gasteiger partial charge < -0.3 is 15.0 Å². The number of nitrogens with zero attached hydrogens (tertiary/aromatic N) is 2. The number of benzene rings is 1. The van der Waals surface area contributed by atoms with Crippen molar-refractivity contribution >= 4 is 17.5 Å². The van der Waals surface area contributed by atoms with E-state index in [4.69, 9.17) is 4.74 Å². The van der Waals surface area contributed by atoms with Gasteiger partial charge in [-0.2, -0.15) is 0 Å². The second-order valence-corrected chi connectivity index (χ2v) is 4.57. The van der Waals surface area contributed by atoms with Crippen molar-refractivity contribution in [2.75, 3.05) is 25.0 Å². The Kier molecular flexibility index (Phi) is 4.39. The summed E-state index contributed by atoms with van der Waals surface area (Å²) >= 11 is 0. The lowest BCUT2D eigenvalue weighted by atomic mass is 10.1. The number of hydrogen-bond donors (Lipinski definition) is 1. The Balaban J connectivity index is 2.16. The van der Waals surface area contributed by atoms with E-state index in [0.29, 0.717) is 31.9 Å². The maximum atomic E-state index is 11.4. The highest BCUT2D eigenvalue weighted by molar-refractivity contribution is 5.69. The quantitative estimate of drug-likeness (QED) is 0.638. The molecule has 1 aromatic carbocycles. The molecule has 0 bridgehead atoms. The Labute approximate surface area is 116 Å². The van der Waals surface area contributed by atoms with Crippen molar-refractivity contribution in [1.82, 2.24) is 4.90 Å². The summed E-state index contributed by atoms with van der Waals surface area (Å²) in [6, 6.07) is 4.98. The summed E-state index contributed by atoms with van der Waals surface area (Å²) in [6.07, 6.45) is 0.513. The van der Waals surface area contributed by atoms with Crippen LogP contribution in [0.4, 0.5) is 16.2 Å². The standard InChI is InChI=1S/C13H17N3O4/c1-2-5-14-11-4-3-10(8-12(11)16(18)19)9-15-6-7-20-13(15)17/h3-4,8,14H,2,5-7,9H2,1H3. The van der Waals surface area contributed by atoms with Crippen molar-refractivity contribution in [2.24, 2.45) is 0 Å². The lowest BCUT2D eigenvalue weighted by molar-refractivity contribution is -0.384. The van der Waals surface area contributed by atoms with E-state index < -0.39 is 4.92 Å². The zero-order chi connectivity index (χ0) is 14.5. The molecule has 1 N–H and O–H groups in total. The minimum Gasteiger partial charge on any atom is -0.448 e. The molecule has 1 aliphatic heterocycles. The maximum Gasteiger partial charge on any atom is 0.410 e. The smallest absolute Gasteiger partial charge is 0.410 e. The van der Waals surface area contributed by atoms with E-state index in [0.717, 1.165) is 12.0 Å². The molecule has 1 aromatic rings. The average molecular weight is 279 g/mol. The number of carbonyl (C=O) groups excluding carboxylic acids is 1. The number of cyclic esters (lactones) is 1. The highest BCUT2D eigenvalue weighted by Crippen LogP contribution is 2.26. The zero-order valence-corrected chi connectivity index (χ0v) is 11.3. The van der Waals surface area contributed by atoms with Crippen LogP contribution >= 0.6 is 0 Å². The molecule has 2 rings (SSSR count). The molecule has 0 unspecified atom stereocenters. The van der Waals surface area contributed by atoms with Crippen LogP contribution in [-0.2, 0) is 11.3 Å². The SMILES string of the molecule is CCCNc1ccc(CN2CCOC2=O)cc1[N+](=O)[O-]. The molecule has 0 atom stereocenters. The molecule has 0 aromatic heterocycles. The third-order valence-electron chi connectivity index (χ3n) is 3.04. The van der Waals surface area contributed by atoms with Gasteiger partial charge in [0.05, 0.1) is 11.5 Å². The Morgan fingerprint density at radius 3 is 2.90 bits per heavy atom. The highest BCUT2D eigenvalue weighted by Gasteiger charge is 2.23. The highest BCUT2D eigenvalue weighted by atomic mass is 16.6. The molecule has 0 aliphatic carbocycles. The van der Waals surface area contributed by atoms with Crippen molar-refractivity contribution in [1.29, 1.82) is 0 Å². The normalized spacial score (nSPS) is 14.2. The van der Waals surface area contributed by atoms with Gasteiger partial charge in [0, 0.05) is 19.2 Å². The van der Waals surface area contributed by atoms with Gasteiger partial charge >= 0.3 is 6.09 Å². The Morgan fingerprint density at radius 2 is 2.30 bits per heavy atom. The van der Waals surface area contributed by atoms with Gasteiger partial charge in [-0.15, -0.1) is 0 Å². The van der Waals surface area contributed by atoms with Crippen molar-refractivity contribution in [3.8, 4) is 0 Å². The predicted molar refractivity (Wildman–Crippen MR) is 73.6 cm³/mol. The van der Waals surface area contributed by atoms with Crippen molar-refractivity contribution in [3.05, 3.63) is 33.9 Å². The number of carbonyl (C=O) groups is 1. The Bertz CT molecular complexity index is 518. The van der Waals surface area contributed by atoms with E-state index in [1.54, 1.807) is 12.1 Å². The van der Waals surface area contributed by atoms with Gasteiger partial charge in [-0.25, -0.2) is 4.79 Å². The minimum absolute atomic E-state index is 0.0310. The number of nitro groups is 1. The number of ether oxygens (including phenoxy) is 1. The number of nitrogens with one attached hydrogen (secondary N) is 1. The first kappa shape index (κ1) is 14.1. The third-order valence-corrected chi connectivity index (χ3v) is 3.04. The van der Waals surface area contributed by atoms with Crippen molar-refractivity contribution in [3.63, 3.8) is 0 Å². The van der Waals surface area contributed by atoms with E-state index in [1.807, 2.05) is 6.92 Å². The van der Waals surface area contributed by atoms with E-state index >= 15 is 0 Å². The maximum absolute atomic E-state index is 11.4. The first-order valence-corrected chi connectivity index (χ1v) is 6.54. The van der Waals surface area contributed by atoms with Gasteiger partial charge in [-0.05, 0) is 18.1 Å². The molecule has 108 valence electrons. The van der Waals surface area contributed by atoms with E-state index in [9.17, 15) is 14.9 Å². The molecule has 1 heterocycles. The second kappa shape index (κ2) is 6.23. The third kappa shape index (κ3) is 3.17. The zero-order valence-electron chi connectivity index (χ0n) is 11.3. The van der Waals surface area contributed by atoms with Gasteiger partial charge in [0.15, 0.2) is 0 Å². The molecule has 0 saturated carbocycles. The van der Waals surface area contributed by atoms with Gasteiger partial charge in [0.25, 0.3) is 5.69 Å². The molecular weight excluding hydrogens is 262 g/mol. The average Bonchev–Trinajstić information content (AvgIpc) is 2.82. The van der Waals surface area contributed by atoms with Crippen LogP contribution in [0.1, 0.15) is 18.9 Å². The van der Waals surface area contributed by atoms with Crippen molar-refractivity contribution < 1.29 is 14.5 Å². The summed E-state index contributed by atoms with van der Waals surface area (Å²) in [5.41, 5.74) is 1.26.